The van der Waals surface area contributed by atoms with Crippen molar-refractivity contribution in [1.29, 1.82) is 0 Å². The third-order valence-corrected chi connectivity index (χ3v) is 8.52. The molecule has 4 amide bonds. The first-order valence-corrected chi connectivity index (χ1v) is 16.5. The zero-order valence-corrected chi connectivity index (χ0v) is 28.6. The number of nitrogens with zero attached hydrogens (tertiary/aromatic N) is 3. The molecule has 50 heavy (non-hydrogen) atoms. The fourth-order valence-corrected chi connectivity index (χ4v) is 5.48. The Bertz CT molecular complexity index is 1590. The number of urea groups is 1. The number of rotatable bonds is 7. The van der Waals surface area contributed by atoms with Gasteiger partial charge >= 0.3 is 12.2 Å². The van der Waals surface area contributed by atoms with Crippen molar-refractivity contribution in [3.63, 3.8) is 0 Å². The van der Waals surface area contributed by atoms with Gasteiger partial charge in [-0.05, 0) is 87.7 Å². The number of halogens is 3. The zero-order valence-electron chi connectivity index (χ0n) is 28.6. The van der Waals surface area contributed by atoms with Gasteiger partial charge in [0.1, 0.15) is 5.75 Å². The Labute approximate surface area is 289 Å². The van der Waals surface area contributed by atoms with Crippen LogP contribution in [0.3, 0.4) is 0 Å². The molecule has 0 bridgehead atoms. The average molecular weight is 700 g/mol. The molecule has 2 heterocycles. The lowest BCUT2D eigenvalue weighted by atomic mass is 10.0. The molecular weight excluding hydrogens is 655 g/mol. The lowest BCUT2D eigenvalue weighted by Crippen LogP contribution is -2.48. The van der Waals surface area contributed by atoms with E-state index in [9.17, 15) is 32.7 Å². The first-order valence-electron chi connectivity index (χ1n) is 16.5. The fourth-order valence-electron chi connectivity index (χ4n) is 5.48. The van der Waals surface area contributed by atoms with E-state index in [0.717, 1.165) is 18.6 Å². The van der Waals surface area contributed by atoms with Crippen molar-refractivity contribution in [2.75, 3.05) is 44.0 Å². The number of hydrogen-bond donors (Lipinski definition) is 3. The summed E-state index contributed by atoms with van der Waals surface area (Å²) in [6.45, 7) is 5.82. The van der Waals surface area contributed by atoms with Crippen LogP contribution in [0.1, 0.15) is 66.3 Å². The van der Waals surface area contributed by atoms with Crippen LogP contribution in [0.15, 0.2) is 67.0 Å². The fraction of sp³-hybridized carbons (Fsp3) is 0.444. The van der Waals surface area contributed by atoms with E-state index in [1.165, 1.54) is 34.3 Å². The number of hydrogen-bond acceptors (Lipinski definition) is 7. The molecule has 2 aromatic carbocycles. The minimum absolute atomic E-state index is 0.116. The van der Waals surface area contributed by atoms with Crippen LogP contribution in [0.4, 0.5) is 29.3 Å². The van der Waals surface area contributed by atoms with Crippen LogP contribution in [-0.2, 0) is 10.9 Å². The van der Waals surface area contributed by atoms with Crippen molar-refractivity contribution in [3.05, 3.63) is 83.7 Å². The molecule has 14 heteroatoms. The van der Waals surface area contributed by atoms with E-state index in [1.807, 2.05) is 13.8 Å². The Hall–Kier alpha value is -4.69. The summed E-state index contributed by atoms with van der Waals surface area (Å²) >= 11 is 0. The van der Waals surface area contributed by atoms with Gasteiger partial charge in [0, 0.05) is 62.0 Å². The summed E-state index contributed by atoms with van der Waals surface area (Å²) in [7, 11) is 1.55. The number of aliphatic hydroxyl groups is 1. The molecule has 0 aliphatic carbocycles. The smallest absolute Gasteiger partial charge is 0.416 e. The number of benzene rings is 2. The van der Waals surface area contributed by atoms with Crippen molar-refractivity contribution in [1.82, 2.24) is 14.8 Å². The van der Waals surface area contributed by atoms with Crippen LogP contribution >= 0.6 is 0 Å². The number of carbonyl (C=O) groups is 3. The van der Waals surface area contributed by atoms with Gasteiger partial charge in [0.25, 0.3) is 11.8 Å². The second-order valence-electron chi connectivity index (χ2n) is 12.6. The van der Waals surface area contributed by atoms with E-state index in [0.29, 0.717) is 36.4 Å². The summed E-state index contributed by atoms with van der Waals surface area (Å²) in [4.78, 5) is 47.1. The summed E-state index contributed by atoms with van der Waals surface area (Å²) in [5.41, 5.74) is 0.359. The lowest BCUT2D eigenvalue weighted by Gasteiger charge is -2.35. The van der Waals surface area contributed by atoms with Gasteiger partial charge in [0.05, 0.1) is 36.0 Å². The third kappa shape index (κ3) is 10.4. The van der Waals surface area contributed by atoms with E-state index in [1.54, 1.807) is 44.3 Å². The summed E-state index contributed by atoms with van der Waals surface area (Å²) in [6, 6.07) is 11.0. The van der Waals surface area contributed by atoms with E-state index in [4.69, 9.17) is 9.47 Å². The highest BCUT2D eigenvalue weighted by atomic mass is 19.4. The molecule has 0 saturated carbocycles. The number of likely N-dealkylation sites (N-methyl/N-ethyl adjacent to an activating group) is 1. The number of fused-ring (bicyclic) bond motifs is 1. The van der Waals surface area contributed by atoms with Crippen LogP contribution in [0.2, 0.25) is 0 Å². The Balaban J connectivity index is 1.57. The number of nitrogens with one attached hydrogen (secondary N) is 2. The molecule has 1 aromatic heterocycles. The summed E-state index contributed by atoms with van der Waals surface area (Å²) in [5.74, 6) is -0.799. The Morgan fingerprint density at radius 1 is 1.04 bits per heavy atom. The number of ether oxygens (including phenoxy) is 2. The Morgan fingerprint density at radius 3 is 2.38 bits per heavy atom. The van der Waals surface area contributed by atoms with E-state index in [-0.39, 0.29) is 48.9 Å². The number of amides is 4. The van der Waals surface area contributed by atoms with Gasteiger partial charge in [0.2, 0.25) is 0 Å². The molecule has 270 valence electrons. The number of anilines is 2. The highest BCUT2D eigenvalue weighted by Gasteiger charge is 2.32. The van der Waals surface area contributed by atoms with Gasteiger partial charge in [-0.3, -0.25) is 14.6 Å². The topological polar surface area (TPSA) is 133 Å². The van der Waals surface area contributed by atoms with Gasteiger partial charge in [-0.25, -0.2) is 4.79 Å². The molecule has 1 aliphatic heterocycles. The predicted molar refractivity (Wildman–Crippen MR) is 182 cm³/mol. The normalized spacial score (nSPS) is 19.7. The first-order chi connectivity index (χ1) is 23.8. The Kier molecular flexibility index (Phi) is 13.2. The molecule has 0 saturated heterocycles. The number of pyridine rings is 1. The van der Waals surface area contributed by atoms with Crippen LogP contribution in [-0.4, -0.2) is 89.3 Å². The SMILES string of the molecule is C[C@@H]1CCCCO[C@H](CN(C)C(=O)Nc2ccc(C(F)(F)F)cc2)[C@H](C)CN([C@@H](C)CO)C(=O)c2cc(NC(=O)c3ccncc3)ccc2O1. The van der Waals surface area contributed by atoms with Crippen molar-refractivity contribution >= 4 is 29.2 Å². The number of aromatic nitrogens is 1. The molecule has 0 spiro atoms. The van der Waals surface area contributed by atoms with E-state index < -0.39 is 35.8 Å². The largest absolute Gasteiger partial charge is 0.490 e. The van der Waals surface area contributed by atoms with Gasteiger partial charge < -0.3 is 35.0 Å². The van der Waals surface area contributed by atoms with Crippen LogP contribution in [0.5, 0.6) is 5.75 Å². The maximum Gasteiger partial charge on any atom is 0.416 e. The molecule has 3 aromatic rings. The average Bonchev–Trinajstić information content (AvgIpc) is 3.09. The molecular formula is C36H44F3N5O6. The summed E-state index contributed by atoms with van der Waals surface area (Å²) in [6.07, 6.45) is -0.122. The second kappa shape index (κ2) is 17.3. The first kappa shape index (κ1) is 38.1. The summed E-state index contributed by atoms with van der Waals surface area (Å²) in [5, 5.41) is 15.6. The van der Waals surface area contributed by atoms with Gasteiger partial charge in [-0.1, -0.05) is 6.92 Å². The molecule has 11 nitrogen and oxygen atoms in total. The van der Waals surface area contributed by atoms with Crippen LogP contribution in [0, 0.1) is 5.92 Å². The maximum absolute atomic E-state index is 14.3. The molecule has 3 N–H and O–H groups in total. The monoisotopic (exact) mass is 699 g/mol. The van der Waals surface area contributed by atoms with Crippen molar-refractivity contribution in [3.8, 4) is 5.75 Å². The van der Waals surface area contributed by atoms with Crippen molar-refractivity contribution in [2.45, 2.75) is 64.5 Å². The second-order valence-corrected chi connectivity index (χ2v) is 12.6. The molecule has 4 atom stereocenters. The van der Waals surface area contributed by atoms with Gasteiger partial charge in [-0.15, -0.1) is 0 Å². The highest BCUT2D eigenvalue weighted by molar-refractivity contribution is 6.05. The quantitative estimate of drug-likeness (QED) is 0.263. The minimum Gasteiger partial charge on any atom is -0.490 e. The molecule has 0 fully saturated rings. The maximum atomic E-state index is 14.3. The lowest BCUT2D eigenvalue weighted by molar-refractivity contribution is -0.137. The molecule has 1 aliphatic rings. The highest BCUT2D eigenvalue weighted by Crippen LogP contribution is 2.31. The molecule has 4 rings (SSSR count). The molecule has 0 radical (unpaired) electrons. The summed E-state index contributed by atoms with van der Waals surface area (Å²) < 4.78 is 51.5. The van der Waals surface area contributed by atoms with Crippen LogP contribution < -0.4 is 15.4 Å². The van der Waals surface area contributed by atoms with Crippen LogP contribution in [0.25, 0.3) is 0 Å². The number of carbonyl (C=O) groups excluding carboxylic acids is 3. The van der Waals surface area contributed by atoms with Gasteiger partial charge in [0.15, 0.2) is 0 Å². The third-order valence-electron chi connectivity index (χ3n) is 8.52. The van der Waals surface area contributed by atoms with Gasteiger partial charge in [-0.2, -0.15) is 13.2 Å². The standard InChI is InChI=1S/C36H44F3N5O6/c1-23-20-44(24(2)22-45)34(47)30-19-29(41-33(46)26-14-16-40-17-15-26)12-13-31(30)50-25(3)7-5-6-18-49-32(23)21-43(4)35(48)42-28-10-8-27(9-11-28)36(37,38)39/h8-17,19,23-25,32,45H,5-7,18,20-22H2,1-4H3,(H,41,46)(H,42,48)/t23-,24+,25-,32-/m1/s1. The zero-order chi connectivity index (χ0) is 36.4. The van der Waals surface area contributed by atoms with E-state index >= 15 is 0 Å². The van der Waals surface area contributed by atoms with E-state index in [2.05, 4.69) is 15.6 Å². The van der Waals surface area contributed by atoms with Crippen molar-refractivity contribution in [2.24, 2.45) is 5.92 Å². The van der Waals surface area contributed by atoms with Crippen molar-refractivity contribution < 1.29 is 42.1 Å². The Morgan fingerprint density at radius 2 is 1.72 bits per heavy atom. The minimum atomic E-state index is -4.49. The number of aliphatic hydroxyl groups excluding tert-OH is 1. The predicted octanol–water partition coefficient (Wildman–Crippen LogP) is 6.31. The molecule has 0 unspecified atom stereocenters. The number of alkyl halides is 3.